The summed E-state index contributed by atoms with van der Waals surface area (Å²) in [4.78, 5) is 28.7. The average Bonchev–Trinajstić information content (AvgIpc) is 3.42. The largest absolute Gasteiger partial charge is 0.490 e. The summed E-state index contributed by atoms with van der Waals surface area (Å²) in [5.41, 5.74) is 0.266. The lowest BCUT2D eigenvalue weighted by Crippen LogP contribution is -2.36. The maximum atomic E-state index is 13.4. The third kappa shape index (κ3) is 4.72. The van der Waals surface area contributed by atoms with Crippen molar-refractivity contribution in [3.05, 3.63) is 42.1 Å². The number of carbonyl (C=O) groups is 1. The Kier molecular flexibility index (Phi) is 6.28. The molecule has 35 heavy (non-hydrogen) atoms. The molecule has 0 unspecified atom stereocenters. The Hall–Kier alpha value is -4.60. The van der Waals surface area contributed by atoms with Gasteiger partial charge in [-0.25, -0.2) is 24.2 Å². The summed E-state index contributed by atoms with van der Waals surface area (Å²) in [5, 5.41) is 9.81. The normalized spacial score (nSPS) is 11.2. The molecule has 4 heterocycles. The number of hydrogen-bond donors (Lipinski definition) is 2. The molecule has 182 valence electrons. The molecule has 2 N–H and O–H groups in total. The zero-order chi connectivity index (χ0) is 25.2. The van der Waals surface area contributed by atoms with Crippen LogP contribution < -0.4 is 19.5 Å². The van der Waals surface area contributed by atoms with Crippen molar-refractivity contribution in [2.24, 2.45) is 0 Å². The minimum Gasteiger partial charge on any atom is -0.490 e. The van der Waals surface area contributed by atoms with Gasteiger partial charge in [-0.3, -0.25) is 5.32 Å². The number of amides is 2. The third-order valence-corrected chi connectivity index (χ3v) is 5.81. The Morgan fingerprint density at radius 2 is 1.91 bits per heavy atom. The molecule has 0 aliphatic rings. The number of pyridine rings is 1. The fourth-order valence-electron chi connectivity index (χ4n) is 3.03. The molecule has 0 aromatic carbocycles. The number of rotatable bonds is 7. The molecule has 0 radical (unpaired) electrons. The van der Waals surface area contributed by atoms with E-state index in [-0.39, 0.29) is 46.4 Å². The monoisotopic (exact) mass is 501 g/mol. The molecule has 0 saturated heterocycles. The fourth-order valence-corrected chi connectivity index (χ4v) is 4.29. The van der Waals surface area contributed by atoms with Crippen LogP contribution in [0.15, 0.2) is 40.1 Å². The number of nitrogens with zero attached hydrogens (tertiary/aromatic N) is 7. The minimum absolute atomic E-state index is 0.0129. The molecule has 4 aromatic heterocycles. The smallest absolute Gasteiger partial charge is 0.335 e. The number of anilines is 1. The zero-order valence-electron chi connectivity index (χ0n) is 18.9. The molecule has 4 aromatic rings. The maximum absolute atomic E-state index is 13.4. The van der Waals surface area contributed by atoms with E-state index in [1.54, 1.807) is 32.0 Å². The number of aryl methyl sites for hydroxylation is 2. The van der Waals surface area contributed by atoms with E-state index in [2.05, 4.69) is 35.5 Å². The second-order valence-electron chi connectivity index (χ2n) is 6.84. The molecule has 15 nitrogen and oxygen atoms in total. The van der Waals surface area contributed by atoms with Crippen molar-refractivity contribution in [3.8, 4) is 28.9 Å². The molecule has 0 atom stereocenters. The summed E-state index contributed by atoms with van der Waals surface area (Å²) in [7, 11) is -1.84. The average molecular weight is 501 g/mol. The number of nitrogens with one attached hydrogen (secondary N) is 2. The van der Waals surface area contributed by atoms with Crippen molar-refractivity contribution in [2.75, 3.05) is 19.5 Å². The van der Waals surface area contributed by atoms with Gasteiger partial charge in [-0.2, -0.15) is 23.5 Å². The Morgan fingerprint density at radius 3 is 2.54 bits per heavy atom. The first-order valence-electron chi connectivity index (χ1n) is 9.84. The van der Waals surface area contributed by atoms with Crippen LogP contribution in [0.1, 0.15) is 11.5 Å². The fraction of sp³-hybridized carbons (Fsp3) is 0.211. The van der Waals surface area contributed by atoms with Crippen molar-refractivity contribution in [3.63, 3.8) is 0 Å². The molecule has 2 amide bonds. The van der Waals surface area contributed by atoms with Crippen LogP contribution in [0.3, 0.4) is 0 Å². The van der Waals surface area contributed by atoms with Gasteiger partial charge >= 0.3 is 6.03 Å². The van der Waals surface area contributed by atoms with Crippen molar-refractivity contribution in [1.82, 2.24) is 39.6 Å². The van der Waals surface area contributed by atoms with E-state index < -0.39 is 21.1 Å². The highest BCUT2D eigenvalue weighted by Crippen LogP contribution is 2.31. The summed E-state index contributed by atoms with van der Waals surface area (Å²) in [6.07, 6.45) is 2.72. The van der Waals surface area contributed by atoms with Crippen LogP contribution >= 0.6 is 0 Å². The predicted octanol–water partition coefficient (Wildman–Crippen LogP) is 1.25. The van der Waals surface area contributed by atoms with Crippen LogP contribution in [0.5, 0.6) is 11.6 Å². The lowest BCUT2D eigenvalue weighted by Gasteiger charge is -2.11. The third-order valence-electron chi connectivity index (χ3n) is 4.47. The molecular formula is C19H19N9O6S. The molecule has 0 fully saturated rings. The van der Waals surface area contributed by atoms with Gasteiger partial charge in [0, 0.05) is 6.20 Å². The quantitative estimate of drug-likeness (QED) is 0.369. The summed E-state index contributed by atoms with van der Waals surface area (Å²) in [6.45, 7) is 3.14. The topological polar surface area (TPSA) is 189 Å². The first-order valence-corrected chi connectivity index (χ1v) is 11.3. The number of urea groups is 1. The van der Waals surface area contributed by atoms with Gasteiger partial charge in [-0.15, -0.1) is 0 Å². The molecule has 0 bridgehead atoms. The van der Waals surface area contributed by atoms with Crippen LogP contribution in [-0.4, -0.2) is 63.5 Å². The van der Waals surface area contributed by atoms with Crippen LogP contribution in [-0.2, 0) is 10.0 Å². The lowest BCUT2D eigenvalue weighted by atomic mass is 10.2. The van der Waals surface area contributed by atoms with Crippen LogP contribution in [0.25, 0.3) is 17.3 Å². The van der Waals surface area contributed by atoms with Crippen LogP contribution in [0, 0.1) is 13.8 Å². The van der Waals surface area contributed by atoms with Gasteiger partial charge in [0.1, 0.15) is 5.56 Å². The molecule has 4 rings (SSSR count). The lowest BCUT2D eigenvalue weighted by molar-refractivity contribution is 0.256. The van der Waals surface area contributed by atoms with Crippen LogP contribution in [0.4, 0.5) is 10.7 Å². The van der Waals surface area contributed by atoms with Gasteiger partial charge in [-0.05, 0) is 26.0 Å². The van der Waals surface area contributed by atoms with Gasteiger partial charge in [-0.1, -0.05) is 11.2 Å². The Balaban J connectivity index is 1.73. The molecular weight excluding hydrogens is 482 g/mol. The summed E-state index contributed by atoms with van der Waals surface area (Å²) in [5.74, 6) is 0.411. The maximum Gasteiger partial charge on any atom is 0.335 e. The standard InChI is InChI=1S/C19H19N9O6S/c1-10-14(16-22-11(2)26-34-16)17(28(25-10)13-7-5-6-8-20-13)35(30,31)27-19(29)24-18-21-9-12(32-3)15(23-18)33-4/h5-9H,1-4H3,(H2,21,23,24,27,29). The molecule has 0 spiro atoms. The number of aromatic nitrogens is 7. The second kappa shape index (κ2) is 9.34. The first-order chi connectivity index (χ1) is 16.7. The zero-order valence-corrected chi connectivity index (χ0v) is 19.7. The molecule has 16 heteroatoms. The summed E-state index contributed by atoms with van der Waals surface area (Å²) in [6, 6.07) is 3.72. The highest BCUT2D eigenvalue weighted by molar-refractivity contribution is 7.90. The van der Waals surface area contributed by atoms with Crippen molar-refractivity contribution < 1.29 is 27.2 Å². The van der Waals surface area contributed by atoms with Crippen molar-refractivity contribution >= 4 is 22.0 Å². The van der Waals surface area contributed by atoms with Gasteiger partial charge in [0.2, 0.25) is 5.95 Å². The summed E-state index contributed by atoms with van der Waals surface area (Å²) < 4.78 is 45.1. The van der Waals surface area contributed by atoms with E-state index in [9.17, 15) is 13.2 Å². The van der Waals surface area contributed by atoms with Crippen molar-refractivity contribution in [2.45, 2.75) is 18.9 Å². The SMILES string of the molecule is COc1cnc(NC(=O)NS(=O)(=O)c2c(-c3nc(C)no3)c(C)nn2-c2ccccn2)nc1OC. The Morgan fingerprint density at radius 1 is 1.11 bits per heavy atom. The van der Waals surface area contributed by atoms with E-state index in [0.717, 1.165) is 4.68 Å². The van der Waals surface area contributed by atoms with E-state index in [1.807, 2.05) is 4.72 Å². The van der Waals surface area contributed by atoms with E-state index in [4.69, 9.17) is 14.0 Å². The van der Waals surface area contributed by atoms with Gasteiger partial charge in [0.15, 0.2) is 22.4 Å². The van der Waals surface area contributed by atoms with Gasteiger partial charge < -0.3 is 14.0 Å². The second-order valence-corrected chi connectivity index (χ2v) is 8.44. The van der Waals surface area contributed by atoms with E-state index >= 15 is 0 Å². The van der Waals surface area contributed by atoms with Crippen LogP contribution in [0.2, 0.25) is 0 Å². The highest BCUT2D eigenvalue weighted by atomic mass is 32.2. The molecule has 0 aliphatic heterocycles. The molecule has 0 aliphatic carbocycles. The number of hydrogen-bond acceptors (Lipinski definition) is 12. The van der Waals surface area contributed by atoms with Gasteiger partial charge in [0.05, 0.1) is 26.1 Å². The predicted molar refractivity (Wildman–Crippen MR) is 119 cm³/mol. The number of sulfonamides is 1. The Bertz CT molecular complexity index is 1480. The van der Waals surface area contributed by atoms with Crippen molar-refractivity contribution in [1.29, 1.82) is 0 Å². The minimum atomic E-state index is -4.58. The molecule has 0 saturated carbocycles. The number of carbonyl (C=O) groups excluding carboxylic acids is 1. The van der Waals surface area contributed by atoms with Gasteiger partial charge in [0.25, 0.3) is 21.8 Å². The highest BCUT2D eigenvalue weighted by Gasteiger charge is 2.33. The van der Waals surface area contributed by atoms with E-state index in [0.29, 0.717) is 0 Å². The summed E-state index contributed by atoms with van der Waals surface area (Å²) >= 11 is 0. The number of methoxy groups -OCH3 is 2. The first kappa shape index (κ1) is 23.6. The number of ether oxygens (including phenoxy) is 2. The Labute approximate surface area is 198 Å². The van der Waals surface area contributed by atoms with E-state index in [1.165, 1.54) is 26.6 Å².